The van der Waals surface area contributed by atoms with Crippen LogP contribution in [0.1, 0.15) is 37.5 Å². The number of nitrogens with zero attached hydrogens (tertiary/aromatic N) is 3. The molecule has 2 aliphatic heterocycles. The molecule has 1 fully saturated rings. The van der Waals surface area contributed by atoms with Crippen LogP contribution in [0.4, 0.5) is 4.79 Å². The molecule has 1 atom stereocenters. The van der Waals surface area contributed by atoms with Gasteiger partial charge in [0.2, 0.25) is 10.0 Å². The van der Waals surface area contributed by atoms with E-state index in [4.69, 9.17) is 0 Å². The number of carbonyl (C=O) groups is 1. The molecule has 1 N–H and O–H groups in total. The summed E-state index contributed by atoms with van der Waals surface area (Å²) in [7, 11) is -3.56. The minimum absolute atomic E-state index is 0.0814. The van der Waals surface area contributed by atoms with Crippen molar-refractivity contribution in [3.8, 4) is 0 Å². The smallest absolute Gasteiger partial charge is 0.407 e. The van der Waals surface area contributed by atoms with Crippen LogP contribution in [-0.4, -0.2) is 65.9 Å². The van der Waals surface area contributed by atoms with Crippen LogP contribution in [0.2, 0.25) is 0 Å². The number of carboxylic acid groups (broad SMARTS) is 1. The third-order valence-corrected chi connectivity index (χ3v) is 8.66. The lowest BCUT2D eigenvalue weighted by molar-refractivity contribution is 0.0150. The molecule has 1 saturated heterocycles. The highest BCUT2D eigenvalue weighted by Gasteiger charge is 2.37. The van der Waals surface area contributed by atoms with Gasteiger partial charge in [-0.1, -0.05) is 57.2 Å². The number of sulfonamides is 1. The fourth-order valence-electron chi connectivity index (χ4n) is 4.83. The van der Waals surface area contributed by atoms with E-state index >= 15 is 0 Å². The van der Waals surface area contributed by atoms with Crippen LogP contribution in [0.25, 0.3) is 0 Å². The van der Waals surface area contributed by atoms with Crippen molar-refractivity contribution in [2.45, 2.75) is 51.2 Å². The Labute approximate surface area is 196 Å². The largest absolute Gasteiger partial charge is 0.465 e. The third kappa shape index (κ3) is 5.08. The molecule has 33 heavy (non-hydrogen) atoms. The molecule has 2 aliphatic rings. The molecule has 8 heteroatoms. The van der Waals surface area contributed by atoms with Crippen LogP contribution in [0.15, 0.2) is 53.4 Å². The number of piperazine rings is 1. The number of hydrogen-bond donors (Lipinski definition) is 1. The molecule has 0 aromatic heterocycles. The summed E-state index contributed by atoms with van der Waals surface area (Å²) in [5.74, 6) is 0. The predicted octanol–water partition coefficient (Wildman–Crippen LogP) is 3.64. The van der Waals surface area contributed by atoms with Gasteiger partial charge in [0, 0.05) is 45.3 Å². The van der Waals surface area contributed by atoms with Crippen molar-refractivity contribution >= 4 is 16.1 Å². The summed E-state index contributed by atoms with van der Waals surface area (Å²) in [4.78, 5) is 15.6. The summed E-state index contributed by atoms with van der Waals surface area (Å²) in [5.41, 5.74) is 3.23. The van der Waals surface area contributed by atoms with E-state index in [9.17, 15) is 18.3 Å². The lowest BCUT2D eigenvalue weighted by atomic mass is 9.84. The van der Waals surface area contributed by atoms with E-state index in [1.165, 1.54) is 10.5 Å². The predicted molar refractivity (Wildman–Crippen MR) is 127 cm³/mol. The van der Waals surface area contributed by atoms with Gasteiger partial charge in [0.05, 0.1) is 4.90 Å². The number of fused-ring (bicyclic) bond motifs is 1. The molecule has 2 heterocycles. The van der Waals surface area contributed by atoms with Gasteiger partial charge in [-0.3, -0.25) is 4.90 Å². The van der Waals surface area contributed by atoms with Crippen LogP contribution < -0.4 is 0 Å². The topological polar surface area (TPSA) is 81.2 Å². The first-order valence-corrected chi connectivity index (χ1v) is 12.9. The van der Waals surface area contributed by atoms with Crippen molar-refractivity contribution in [3.05, 3.63) is 65.2 Å². The Morgan fingerprint density at radius 1 is 1.00 bits per heavy atom. The molecule has 1 amide bonds. The fraction of sp³-hybridized carbons (Fsp3) is 0.480. The molecule has 0 saturated carbocycles. The highest BCUT2D eigenvalue weighted by molar-refractivity contribution is 7.89. The average Bonchev–Trinajstić information content (AvgIpc) is 2.78. The van der Waals surface area contributed by atoms with Crippen LogP contribution in [-0.2, 0) is 29.5 Å². The maximum Gasteiger partial charge on any atom is 0.407 e. The molecule has 0 spiro atoms. The second-order valence-corrected chi connectivity index (χ2v) is 12.0. The Hall–Kier alpha value is -2.42. The van der Waals surface area contributed by atoms with Crippen LogP contribution >= 0.6 is 0 Å². The summed E-state index contributed by atoms with van der Waals surface area (Å²) in [6, 6.07) is 15.3. The van der Waals surface area contributed by atoms with Gasteiger partial charge in [-0.2, -0.15) is 4.31 Å². The van der Waals surface area contributed by atoms with E-state index < -0.39 is 16.1 Å². The van der Waals surface area contributed by atoms with Crippen molar-refractivity contribution in [2.24, 2.45) is 5.41 Å². The zero-order chi connectivity index (χ0) is 23.8. The van der Waals surface area contributed by atoms with E-state index in [0.29, 0.717) is 44.2 Å². The molecule has 2 aromatic rings. The van der Waals surface area contributed by atoms with Gasteiger partial charge < -0.3 is 10.0 Å². The van der Waals surface area contributed by atoms with E-state index in [2.05, 4.69) is 31.7 Å². The molecule has 7 nitrogen and oxygen atoms in total. The van der Waals surface area contributed by atoms with Gasteiger partial charge in [0.1, 0.15) is 0 Å². The standard InChI is InChI=1S/C25H33N3O4S/c1-25(2,3)23-18-27(24(29)30)15-14-26(23)16-19-8-10-22(11-9-19)33(31,32)28-13-12-20-6-4-5-7-21(20)17-28/h4-11,23H,12-18H2,1-3H3,(H,29,30). The monoisotopic (exact) mass is 471 g/mol. The van der Waals surface area contributed by atoms with Crippen LogP contribution in [0, 0.1) is 5.41 Å². The van der Waals surface area contributed by atoms with Gasteiger partial charge >= 0.3 is 6.09 Å². The SMILES string of the molecule is CC(C)(C)C1CN(C(=O)O)CCN1Cc1ccc(S(=O)(=O)N2CCc3ccccc3C2)cc1. The third-order valence-electron chi connectivity index (χ3n) is 6.80. The van der Waals surface area contributed by atoms with E-state index in [1.807, 2.05) is 30.3 Å². The Morgan fingerprint density at radius 3 is 2.30 bits per heavy atom. The van der Waals surface area contributed by atoms with Crippen LogP contribution in [0.5, 0.6) is 0 Å². The summed E-state index contributed by atoms with van der Waals surface area (Å²) >= 11 is 0. The lowest BCUT2D eigenvalue weighted by Gasteiger charge is -2.46. The van der Waals surface area contributed by atoms with Crippen molar-refractivity contribution < 1.29 is 18.3 Å². The van der Waals surface area contributed by atoms with Crippen molar-refractivity contribution in [1.82, 2.24) is 14.1 Å². The quantitative estimate of drug-likeness (QED) is 0.736. The molecule has 178 valence electrons. The summed E-state index contributed by atoms with van der Waals surface area (Å²) in [6.07, 6.45) is -0.150. The van der Waals surface area contributed by atoms with Gasteiger partial charge in [0.25, 0.3) is 0 Å². The molecule has 1 unspecified atom stereocenters. The molecular weight excluding hydrogens is 438 g/mol. The highest BCUT2D eigenvalue weighted by atomic mass is 32.2. The molecule has 2 aromatic carbocycles. The first-order valence-electron chi connectivity index (χ1n) is 11.4. The summed E-state index contributed by atoms with van der Waals surface area (Å²) in [6.45, 7) is 9.54. The Bertz CT molecular complexity index is 1110. The molecule has 0 radical (unpaired) electrons. The molecule has 0 aliphatic carbocycles. The van der Waals surface area contributed by atoms with Gasteiger partial charge in [-0.15, -0.1) is 0 Å². The maximum atomic E-state index is 13.2. The molecular formula is C25H33N3O4S. The Morgan fingerprint density at radius 2 is 1.67 bits per heavy atom. The molecule has 4 rings (SSSR count). The lowest BCUT2D eigenvalue weighted by Crippen LogP contribution is -2.58. The molecule has 0 bridgehead atoms. The fourth-order valence-corrected chi connectivity index (χ4v) is 6.25. The van der Waals surface area contributed by atoms with Crippen LogP contribution in [0.3, 0.4) is 0 Å². The zero-order valence-corrected chi connectivity index (χ0v) is 20.4. The number of benzene rings is 2. The number of rotatable bonds is 4. The Balaban J connectivity index is 1.47. The normalized spacial score (nSPS) is 20.5. The second kappa shape index (κ2) is 9.08. The van der Waals surface area contributed by atoms with Gasteiger partial charge in [0.15, 0.2) is 0 Å². The second-order valence-electron chi connectivity index (χ2n) is 10.1. The zero-order valence-electron chi connectivity index (χ0n) is 19.6. The Kier molecular flexibility index (Phi) is 6.53. The highest BCUT2D eigenvalue weighted by Crippen LogP contribution is 2.30. The van der Waals surface area contributed by atoms with Gasteiger partial charge in [-0.25, -0.2) is 13.2 Å². The summed E-state index contributed by atoms with van der Waals surface area (Å²) in [5, 5.41) is 9.41. The van der Waals surface area contributed by atoms with Crippen molar-refractivity contribution in [1.29, 1.82) is 0 Å². The maximum absolute atomic E-state index is 13.2. The first kappa shape index (κ1) is 23.7. The van der Waals surface area contributed by atoms with Crippen molar-refractivity contribution in [3.63, 3.8) is 0 Å². The summed E-state index contributed by atoms with van der Waals surface area (Å²) < 4.78 is 28.0. The van der Waals surface area contributed by atoms with E-state index in [1.54, 1.807) is 16.4 Å². The van der Waals surface area contributed by atoms with E-state index in [0.717, 1.165) is 17.5 Å². The number of amides is 1. The van der Waals surface area contributed by atoms with Crippen molar-refractivity contribution in [2.75, 3.05) is 26.2 Å². The number of hydrogen-bond acceptors (Lipinski definition) is 4. The van der Waals surface area contributed by atoms with E-state index in [-0.39, 0.29) is 11.5 Å². The van der Waals surface area contributed by atoms with Gasteiger partial charge in [-0.05, 0) is 40.7 Å². The average molecular weight is 472 g/mol. The minimum atomic E-state index is -3.56. The minimum Gasteiger partial charge on any atom is -0.465 e. The first-order chi connectivity index (χ1) is 15.6.